The number of amides is 1. The molecule has 0 radical (unpaired) electrons. The van der Waals surface area contributed by atoms with Gasteiger partial charge in [0.15, 0.2) is 6.61 Å². The Kier molecular flexibility index (Phi) is 6.38. The second-order valence-electron chi connectivity index (χ2n) is 6.74. The molecule has 29 heavy (non-hydrogen) atoms. The number of hydrogen-bond acceptors (Lipinski definition) is 6. The Labute approximate surface area is 169 Å². The number of nitrogens with one attached hydrogen (secondary N) is 1. The molecule has 154 valence electrons. The molecule has 8 nitrogen and oxygen atoms in total. The number of nitrogen functional groups attached to an aromatic ring is 1. The van der Waals surface area contributed by atoms with Gasteiger partial charge in [0.05, 0.1) is 16.1 Å². The van der Waals surface area contributed by atoms with Crippen molar-refractivity contribution in [3.05, 3.63) is 54.1 Å². The summed E-state index contributed by atoms with van der Waals surface area (Å²) >= 11 is 0. The molecule has 0 atom stereocenters. The molecule has 2 aromatic carbocycles. The zero-order valence-corrected chi connectivity index (χ0v) is 16.7. The van der Waals surface area contributed by atoms with E-state index in [4.69, 9.17) is 10.5 Å². The lowest BCUT2D eigenvalue weighted by atomic mass is 10.1. The number of esters is 1. The number of benzene rings is 2. The summed E-state index contributed by atoms with van der Waals surface area (Å²) in [5.74, 6) is -1.03. The van der Waals surface area contributed by atoms with Crippen LogP contribution in [0.2, 0.25) is 0 Å². The largest absolute Gasteiger partial charge is 0.452 e. The molecule has 1 fully saturated rings. The number of rotatable bonds is 6. The summed E-state index contributed by atoms with van der Waals surface area (Å²) in [6.45, 7) is 0.940. The van der Waals surface area contributed by atoms with Crippen molar-refractivity contribution in [1.82, 2.24) is 4.90 Å². The Morgan fingerprint density at radius 1 is 1.03 bits per heavy atom. The van der Waals surface area contributed by atoms with Crippen LogP contribution in [0, 0.1) is 0 Å². The van der Waals surface area contributed by atoms with E-state index in [9.17, 15) is 18.0 Å². The highest BCUT2D eigenvalue weighted by molar-refractivity contribution is 7.92. The average Bonchev–Trinajstić information content (AvgIpc) is 2.72. The van der Waals surface area contributed by atoms with Gasteiger partial charge >= 0.3 is 5.97 Å². The van der Waals surface area contributed by atoms with E-state index in [1.165, 1.54) is 30.3 Å². The van der Waals surface area contributed by atoms with Crippen LogP contribution in [-0.4, -0.2) is 44.9 Å². The first-order valence-electron chi connectivity index (χ1n) is 9.29. The molecule has 9 heteroatoms. The Hall–Kier alpha value is -3.07. The lowest BCUT2D eigenvalue weighted by Crippen LogP contribution is -2.38. The van der Waals surface area contributed by atoms with Crippen molar-refractivity contribution in [2.75, 3.05) is 30.2 Å². The van der Waals surface area contributed by atoms with E-state index in [1.54, 1.807) is 23.1 Å². The fourth-order valence-electron chi connectivity index (χ4n) is 3.08. The lowest BCUT2D eigenvalue weighted by Gasteiger charge is -2.26. The van der Waals surface area contributed by atoms with Crippen molar-refractivity contribution >= 4 is 33.3 Å². The van der Waals surface area contributed by atoms with Crippen molar-refractivity contribution in [1.29, 1.82) is 0 Å². The van der Waals surface area contributed by atoms with Crippen molar-refractivity contribution < 1.29 is 22.7 Å². The van der Waals surface area contributed by atoms with Crippen LogP contribution >= 0.6 is 0 Å². The van der Waals surface area contributed by atoms with Gasteiger partial charge in [-0.2, -0.15) is 0 Å². The van der Waals surface area contributed by atoms with Crippen LogP contribution in [0.1, 0.15) is 29.6 Å². The highest BCUT2D eigenvalue weighted by atomic mass is 32.2. The molecule has 0 bridgehead atoms. The normalized spacial score (nSPS) is 14.3. The molecule has 1 heterocycles. The van der Waals surface area contributed by atoms with E-state index < -0.39 is 16.0 Å². The number of nitrogens with zero attached hydrogens (tertiary/aromatic N) is 1. The van der Waals surface area contributed by atoms with E-state index in [0.29, 0.717) is 18.8 Å². The van der Waals surface area contributed by atoms with Crippen LogP contribution < -0.4 is 10.5 Å². The maximum atomic E-state index is 12.6. The zero-order valence-electron chi connectivity index (χ0n) is 15.8. The maximum Gasteiger partial charge on any atom is 0.340 e. The molecule has 0 unspecified atom stereocenters. The van der Waals surface area contributed by atoms with Crippen LogP contribution in [0.15, 0.2) is 53.4 Å². The summed E-state index contributed by atoms with van der Waals surface area (Å²) in [6.07, 6.45) is 2.97. The maximum absolute atomic E-state index is 12.6. The molecule has 1 aliphatic heterocycles. The van der Waals surface area contributed by atoms with Gasteiger partial charge in [-0.3, -0.25) is 9.52 Å². The van der Waals surface area contributed by atoms with E-state index in [1.807, 2.05) is 0 Å². The SMILES string of the molecule is Nc1cccc(S(=O)(=O)Nc2ccccc2C(=O)OCC(=O)N2CCCCC2)c1. The molecule has 1 saturated heterocycles. The molecule has 1 amide bonds. The third kappa shape index (κ3) is 5.26. The molecule has 1 aliphatic rings. The van der Waals surface area contributed by atoms with Gasteiger partial charge in [0.25, 0.3) is 15.9 Å². The van der Waals surface area contributed by atoms with Gasteiger partial charge in [0, 0.05) is 18.8 Å². The molecular formula is C20H23N3O5S. The van der Waals surface area contributed by atoms with E-state index in [2.05, 4.69) is 4.72 Å². The van der Waals surface area contributed by atoms with Crippen LogP contribution in [-0.2, 0) is 19.6 Å². The van der Waals surface area contributed by atoms with Gasteiger partial charge in [-0.25, -0.2) is 13.2 Å². The number of anilines is 2. The molecule has 0 aromatic heterocycles. The number of ether oxygens (including phenoxy) is 1. The van der Waals surface area contributed by atoms with Gasteiger partial charge in [-0.05, 0) is 49.6 Å². The number of carbonyl (C=O) groups is 2. The number of para-hydroxylation sites is 1. The number of likely N-dealkylation sites (tertiary alicyclic amines) is 1. The Morgan fingerprint density at radius 2 is 1.76 bits per heavy atom. The fraction of sp³-hybridized carbons (Fsp3) is 0.300. The molecule has 3 N–H and O–H groups in total. The van der Waals surface area contributed by atoms with Crippen molar-refractivity contribution in [2.24, 2.45) is 0 Å². The standard InChI is InChI=1S/C20H23N3O5S/c21-15-7-6-8-16(13-15)29(26,27)22-18-10-3-2-9-17(18)20(25)28-14-19(24)23-11-4-1-5-12-23/h2-3,6-10,13,22H,1,4-5,11-12,14,21H2. The highest BCUT2D eigenvalue weighted by Gasteiger charge is 2.22. The third-order valence-corrected chi connectivity index (χ3v) is 5.96. The second kappa shape index (κ2) is 8.95. The minimum Gasteiger partial charge on any atom is -0.452 e. The number of nitrogens with two attached hydrogens (primary N) is 1. The van der Waals surface area contributed by atoms with Crippen LogP contribution in [0.5, 0.6) is 0 Å². The Balaban J connectivity index is 1.71. The number of piperidine rings is 1. The third-order valence-electron chi connectivity index (χ3n) is 4.60. The van der Waals surface area contributed by atoms with Crippen molar-refractivity contribution in [2.45, 2.75) is 24.2 Å². The van der Waals surface area contributed by atoms with E-state index in [0.717, 1.165) is 19.3 Å². The Bertz CT molecular complexity index is 1000. The van der Waals surface area contributed by atoms with Crippen molar-refractivity contribution in [3.8, 4) is 0 Å². The first-order valence-corrected chi connectivity index (χ1v) is 10.8. The summed E-state index contributed by atoms with van der Waals surface area (Å²) < 4.78 is 32.8. The quantitative estimate of drug-likeness (QED) is 0.550. The lowest BCUT2D eigenvalue weighted by molar-refractivity contribution is -0.135. The zero-order chi connectivity index (χ0) is 20.9. The molecular weight excluding hydrogens is 394 g/mol. The van der Waals surface area contributed by atoms with Gasteiger partial charge in [-0.15, -0.1) is 0 Å². The fourth-order valence-corrected chi connectivity index (χ4v) is 4.21. The predicted molar refractivity (Wildman–Crippen MR) is 109 cm³/mol. The topological polar surface area (TPSA) is 119 Å². The van der Waals surface area contributed by atoms with Gasteiger partial charge < -0.3 is 15.4 Å². The number of hydrogen-bond donors (Lipinski definition) is 2. The molecule has 3 rings (SSSR count). The summed E-state index contributed by atoms with van der Waals surface area (Å²) in [4.78, 5) is 26.3. The smallest absolute Gasteiger partial charge is 0.340 e. The van der Waals surface area contributed by atoms with E-state index in [-0.39, 0.29) is 28.7 Å². The summed E-state index contributed by atoms with van der Waals surface area (Å²) in [7, 11) is -3.95. The van der Waals surface area contributed by atoms with Crippen LogP contribution in [0.25, 0.3) is 0 Å². The van der Waals surface area contributed by atoms with Crippen LogP contribution in [0.3, 0.4) is 0 Å². The summed E-state index contributed by atoms with van der Waals surface area (Å²) in [5.41, 5.74) is 6.04. The van der Waals surface area contributed by atoms with Crippen molar-refractivity contribution in [3.63, 3.8) is 0 Å². The molecule has 0 aliphatic carbocycles. The second-order valence-corrected chi connectivity index (χ2v) is 8.42. The summed E-state index contributed by atoms with van der Waals surface area (Å²) in [5, 5.41) is 0. The van der Waals surface area contributed by atoms with Gasteiger partial charge in [-0.1, -0.05) is 18.2 Å². The molecule has 0 saturated carbocycles. The molecule has 0 spiro atoms. The minimum absolute atomic E-state index is 0.0198. The first kappa shape index (κ1) is 20.7. The number of carbonyl (C=O) groups excluding carboxylic acids is 2. The highest BCUT2D eigenvalue weighted by Crippen LogP contribution is 2.22. The molecule has 2 aromatic rings. The van der Waals surface area contributed by atoms with Gasteiger partial charge in [0.1, 0.15) is 0 Å². The van der Waals surface area contributed by atoms with Crippen LogP contribution in [0.4, 0.5) is 11.4 Å². The minimum atomic E-state index is -3.95. The van der Waals surface area contributed by atoms with E-state index >= 15 is 0 Å². The average molecular weight is 417 g/mol. The monoisotopic (exact) mass is 417 g/mol. The predicted octanol–water partition coefficient (Wildman–Crippen LogP) is 2.24. The Morgan fingerprint density at radius 3 is 2.48 bits per heavy atom. The number of sulfonamides is 1. The summed E-state index contributed by atoms with van der Waals surface area (Å²) in [6, 6.07) is 11.9. The first-order chi connectivity index (χ1) is 13.9. The van der Waals surface area contributed by atoms with Gasteiger partial charge in [0.2, 0.25) is 0 Å².